The van der Waals surface area contributed by atoms with Gasteiger partial charge in [0.05, 0.1) is 5.71 Å². The summed E-state index contributed by atoms with van der Waals surface area (Å²) in [4.78, 5) is 26.5. The fraction of sp³-hybridized carbons (Fsp3) is 0.308. The van der Waals surface area contributed by atoms with Gasteiger partial charge < -0.3 is 15.3 Å². The third-order valence-electron chi connectivity index (χ3n) is 2.82. The summed E-state index contributed by atoms with van der Waals surface area (Å²) in [5, 5.41) is 16.2. The highest BCUT2D eigenvalue weighted by Gasteiger charge is 2.18. The molecule has 19 heavy (non-hydrogen) atoms. The van der Waals surface area contributed by atoms with E-state index in [0.717, 1.165) is 5.56 Å². The number of rotatable bonds is 2. The van der Waals surface area contributed by atoms with Gasteiger partial charge in [-0.05, 0) is 25.0 Å². The van der Waals surface area contributed by atoms with Gasteiger partial charge in [0.25, 0.3) is 0 Å². The lowest BCUT2D eigenvalue weighted by molar-refractivity contribution is -0.140. The predicted octanol–water partition coefficient (Wildman–Crippen LogP) is 1.56. The van der Waals surface area contributed by atoms with E-state index in [4.69, 9.17) is 0 Å². The molecule has 0 aromatic heterocycles. The zero-order chi connectivity index (χ0) is 14.0. The minimum atomic E-state index is -0.524. The van der Waals surface area contributed by atoms with Crippen LogP contribution in [0.25, 0.3) is 0 Å². The van der Waals surface area contributed by atoms with E-state index in [2.05, 4.69) is 15.3 Å². The molecule has 1 aromatic carbocycles. The Labute approximate surface area is 110 Å². The van der Waals surface area contributed by atoms with Crippen LogP contribution in [0.5, 0.6) is 5.75 Å². The van der Waals surface area contributed by atoms with Gasteiger partial charge in [0.15, 0.2) is 0 Å². The summed E-state index contributed by atoms with van der Waals surface area (Å²) in [6.07, 6.45) is 1.02. The van der Waals surface area contributed by atoms with Gasteiger partial charge in [0.2, 0.25) is 5.91 Å². The van der Waals surface area contributed by atoms with Crippen molar-refractivity contribution < 1.29 is 19.5 Å². The summed E-state index contributed by atoms with van der Waals surface area (Å²) in [5.74, 6) is -0.608. The molecule has 0 saturated heterocycles. The second-order valence-electron chi connectivity index (χ2n) is 4.33. The lowest BCUT2D eigenvalue weighted by atomic mass is 9.98. The van der Waals surface area contributed by atoms with Crippen molar-refractivity contribution >= 4 is 23.3 Å². The number of carbonyl (C=O) groups is 2. The summed E-state index contributed by atoms with van der Waals surface area (Å²) in [5.41, 5.74) is 2.41. The lowest BCUT2D eigenvalue weighted by Gasteiger charge is -2.18. The van der Waals surface area contributed by atoms with Crippen molar-refractivity contribution in [3.8, 4) is 5.75 Å². The highest BCUT2D eigenvalue weighted by molar-refractivity contribution is 6.03. The third kappa shape index (κ3) is 2.90. The number of nitrogens with one attached hydrogen (secondary N) is 1. The van der Waals surface area contributed by atoms with E-state index in [9.17, 15) is 14.7 Å². The van der Waals surface area contributed by atoms with E-state index < -0.39 is 5.97 Å². The third-order valence-corrected chi connectivity index (χ3v) is 2.82. The number of amides is 1. The number of benzene rings is 1. The first kappa shape index (κ1) is 13.1. The van der Waals surface area contributed by atoms with Crippen LogP contribution in [-0.2, 0) is 20.8 Å². The molecule has 1 aliphatic rings. The van der Waals surface area contributed by atoms with Gasteiger partial charge in [-0.25, -0.2) is 4.79 Å². The number of nitrogens with zero attached hydrogens (tertiary/aromatic N) is 1. The van der Waals surface area contributed by atoms with Crippen LogP contribution in [0.4, 0.5) is 5.69 Å². The SMILES string of the molecule is CC(=O)O/N=C(\C)c1cc2c(cc1O)NC(=O)CC2. The molecular formula is C13H14N2O4. The van der Waals surface area contributed by atoms with Gasteiger partial charge in [-0.2, -0.15) is 0 Å². The Hall–Kier alpha value is -2.37. The molecule has 0 spiro atoms. The molecule has 6 nitrogen and oxygen atoms in total. The van der Waals surface area contributed by atoms with Crippen molar-refractivity contribution in [2.24, 2.45) is 5.16 Å². The number of hydrogen-bond donors (Lipinski definition) is 2. The fourth-order valence-electron chi connectivity index (χ4n) is 1.89. The molecule has 0 aliphatic carbocycles. The quantitative estimate of drug-likeness (QED) is 0.481. The molecule has 0 unspecified atom stereocenters. The van der Waals surface area contributed by atoms with E-state index in [1.54, 1.807) is 13.0 Å². The fourth-order valence-corrected chi connectivity index (χ4v) is 1.89. The van der Waals surface area contributed by atoms with Crippen LogP contribution >= 0.6 is 0 Å². The average Bonchev–Trinajstić information content (AvgIpc) is 2.35. The van der Waals surface area contributed by atoms with Crippen LogP contribution in [0.2, 0.25) is 0 Å². The monoisotopic (exact) mass is 262 g/mol. The second kappa shape index (κ2) is 5.09. The molecule has 0 radical (unpaired) electrons. The Morgan fingerprint density at radius 1 is 1.37 bits per heavy atom. The zero-order valence-electron chi connectivity index (χ0n) is 10.7. The van der Waals surface area contributed by atoms with E-state index in [1.165, 1.54) is 13.0 Å². The molecule has 6 heteroatoms. The van der Waals surface area contributed by atoms with Crippen LogP contribution in [0.3, 0.4) is 0 Å². The molecule has 1 aliphatic heterocycles. The van der Waals surface area contributed by atoms with E-state index >= 15 is 0 Å². The molecule has 100 valence electrons. The van der Waals surface area contributed by atoms with E-state index in [-0.39, 0.29) is 11.7 Å². The maximum absolute atomic E-state index is 11.3. The first-order chi connectivity index (χ1) is 8.97. The van der Waals surface area contributed by atoms with Gasteiger partial charge in [0.1, 0.15) is 5.75 Å². The largest absolute Gasteiger partial charge is 0.507 e. The van der Waals surface area contributed by atoms with Crippen molar-refractivity contribution in [3.05, 3.63) is 23.3 Å². The molecule has 0 fully saturated rings. The Morgan fingerprint density at radius 3 is 2.79 bits per heavy atom. The smallest absolute Gasteiger partial charge is 0.331 e. The molecule has 1 aromatic rings. The van der Waals surface area contributed by atoms with Gasteiger partial charge in [0, 0.05) is 30.7 Å². The molecule has 1 heterocycles. The average molecular weight is 262 g/mol. The number of anilines is 1. The van der Waals surface area contributed by atoms with Gasteiger partial charge in [-0.1, -0.05) is 5.16 Å². The van der Waals surface area contributed by atoms with Crippen molar-refractivity contribution in [2.75, 3.05) is 5.32 Å². The minimum absolute atomic E-state index is 0.0191. The second-order valence-corrected chi connectivity index (χ2v) is 4.33. The van der Waals surface area contributed by atoms with E-state index in [1.807, 2.05) is 0 Å². The standard InChI is InChI=1S/C13H14N2O4/c1-7(15-19-8(2)16)10-5-9-3-4-13(18)14-11(9)6-12(10)17/h5-6,17H,3-4H2,1-2H3,(H,14,18)/b15-7+. The van der Waals surface area contributed by atoms with Crippen molar-refractivity contribution in [1.29, 1.82) is 0 Å². The topological polar surface area (TPSA) is 88.0 Å². The minimum Gasteiger partial charge on any atom is -0.507 e. The van der Waals surface area contributed by atoms with Crippen LogP contribution in [0, 0.1) is 0 Å². The van der Waals surface area contributed by atoms with Crippen LogP contribution in [0.15, 0.2) is 17.3 Å². The number of oxime groups is 1. The maximum Gasteiger partial charge on any atom is 0.331 e. The number of aryl methyl sites for hydroxylation is 1. The number of carbonyl (C=O) groups excluding carboxylic acids is 2. The number of hydrogen-bond acceptors (Lipinski definition) is 5. The maximum atomic E-state index is 11.3. The molecule has 0 bridgehead atoms. The first-order valence-corrected chi connectivity index (χ1v) is 5.85. The molecular weight excluding hydrogens is 248 g/mol. The Morgan fingerprint density at radius 2 is 2.11 bits per heavy atom. The summed E-state index contributed by atoms with van der Waals surface area (Å²) >= 11 is 0. The summed E-state index contributed by atoms with van der Waals surface area (Å²) in [6.45, 7) is 2.88. The van der Waals surface area contributed by atoms with Crippen LogP contribution < -0.4 is 5.32 Å². The van der Waals surface area contributed by atoms with Gasteiger partial charge in [-0.15, -0.1) is 0 Å². The zero-order valence-corrected chi connectivity index (χ0v) is 10.7. The number of aromatic hydroxyl groups is 1. The van der Waals surface area contributed by atoms with Crippen molar-refractivity contribution in [1.82, 2.24) is 0 Å². The number of phenols is 1. The normalized spacial score (nSPS) is 14.6. The van der Waals surface area contributed by atoms with Crippen molar-refractivity contribution in [3.63, 3.8) is 0 Å². The molecule has 2 N–H and O–H groups in total. The Balaban J connectivity index is 2.35. The number of fused-ring (bicyclic) bond motifs is 1. The summed E-state index contributed by atoms with van der Waals surface area (Å²) in [7, 11) is 0. The lowest BCUT2D eigenvalue weighted by Crippen LogP contribution is -2.19. The highest BCUT2D eigenvalue weighted by atomic mass is 16.7. The predicted molar refractivity (Wildman–Crippen MR) is 69.0 cm³/mol. The van der Waals surface area contributed by atoms with Gasteiger partial charge in [-0.3, -0.25) is 4.79 Å². The Kier molecular flexibility index (Phi) is 3.50. The first-order valence-electron chi connectivity index (χ1n) is 5.85. The van der Waals surface area contributed by atoms with Crippen LogP contribution in [-0.4, -0.2) is 22.7 Å². The van der Waals surface area contributed by atoms with Crippen LogP contribution in [0.1, 0.15) is 31.4 Å². The summed E-state index contributed by atoms with van der Waals surface area (Å²) < 4.78 is 0. The highest BCUT2D eigenvalue weighted by Crippen LogP contribution is 2.30. The molecule has 0 atom stereocenters. The van der Waals surface area contributed by atoms with Gasteiger partial charge >= 0.3 is 5.97 Å². The molecule has 0 saturated carbocycles. The van der Waals surface area contributed by atoms with Crippen molar-refractivity contribution in [2.45, 2.75) is 26.7 Å². The molecule has 2 rings (SSSR count). The van der Waals surface area contributed by atoms with E-state index in [0.29, 0.717) is 29.8 Å². The summed E-state index contributed by atoms with van der Waals surface area (Å²) in [6, 6.07) is 3.22. The Bertz CT molecular complexity index is 578. The number of phenolic OH excluding ortho intramolecular Hbond substituents is 1. The molecule has 1 amide bonds.